The van der Waals surface area contributed by atoms with Crippen molar-refractivity contribution < 1.29 is 71.4 Å². The number of anilines is 4. The van der Waals surface area contributed by atoms with E-state index in [1.807, 2.05) is 0 Å². The smallest absolute Gasteiger partial charge is 0.421 e. The molecule has 20 nitrogen and oxygen atoms in total. The van der Waals surface area contributed by atoms with E-state index in [1.54, 1.807) is 0 Å². The number of fused-ring (bicyclic) bond motifs is 18. The second-order valence-electron chi connectivity index (χ2n) is 13.2. The normalized spacial score (nSPS) is 22.9. The molecule has 25 heteroatoms. The van der Waals surface area contributed by atoms with Gasteiger partial charge in [0.05, 0.1) is 43.6 Å². The van der Waals surface area contributed by atoms with Crippen molar-refractivity contribution in [3.63, 3.8) is 0 Å². The summed E-state index contributed by atoms with van der Waals surface area (Å²) in [5.74, 6) is -0.563. The van der Waals surface area contributed by atoms with E-state index in [0.717, 1.165) is 6.07 Å². The summed E-state index contributed by atoms with van der Waals surface area (Å²) < 4.78 is 137. The Hall–Kier alpha value is -4.98. The zero-order valence-electron chi connectivity index (χ0n) is 28.5. The van der Waals surface area contributed by atoms with Gasteiger partial charge in [-0.05, 0) is 75.2 Å². The van der Waals surface area contributed by atoms with E-state index in [-0.39, 0.29) is 65.2 Å². The first-order chi connectivity index (χ1) is 26.2. The molecule has 4 aromatic rings. The first kappa shape index (κ1) is 38.9. The van der Waals surface area contributed by atoms with Crippen LogP contribution in [0.3, 0.4) is 0 Å². The molecule has 4 atom stereocenters. The van der Waals surface area contributed by atoms with Gasteiger partial charge in [0.1, 0.15) is 0 Å². The van der Waals surface area contributed by atoms with E-state index in [4.69, 9.17) is 9.97 Å². The van der Waals surface area contributed by atoms with Gasteiger partial charge in [0, 0.05) is 35.1 Å². The molecule has 0 fully saturated rings. The third kappa shape index (κ3) is 6.73. The van der Waals surface area contributed by atoms with Crippen molar-refractivity contribution in [2.75, 3.05) is 21.3 Å². The van der Waals surface area contributed by atoms with Crippen molar-refractivity contribution in [3.8, 4) is 0 Å². The van der Waals surface area contributed by atoms with Gasteiger partial charge in [-0.2, -0.15) is 33.7 Å². The Labute approximate surface area is 336 Å². The Morgan fingerprint density at radius 3 is 1.58 bits per heavy atom. The molecule has 0 saturated carbocycles. The zero-order chi connectivity index (χ0) is 39.7. The van der Waals surface area contributed by atoms with Gasteiger partial charge < -0.3 is 41.9 Å². The molecule has 8 bridgehead atoms. The first-order valence-corrected chi connectivity index (χ1v) is 22.0. The number of rotatable bonds is 4. The third-order valence-electron chi connectivity index (χ3n) is 9.86. The van der Waals surface area contributed by atoms with Gasteiger partial charge in [0.25, 0.3) is 40.5 Å². The number of nitrogens with zero attached hydrogens (tertiary/aromatic N) is 2. The topological polar surface area (TPSA) is 318 Å². The Kier molecular flexibility index (Phi) is 8.88. The number of allylic oxidation sites excluding steroid dienone is 4. The van der Waals surface area contributed by atoms with Gasteiger partial charge in [-0.15, -0.1) is 0 Å². The van der Waals surface area contributed by atoms with Crippen LogP contribution in [0.4, 0.5) is 23.3 Å². The minimum atomic E-state index is -4.69. The number of hydrogen-bond donors (Lipinski definition) is 10. The van der Waals surface area contributed by atoms with Crippen LogP contribution in [0.25, 0.3) is 21.5 Å². The van der Waals surface area contributed by atoms with Gasteiger partial charge in [0.15, 0.2) is 0 Å². The number of benzene rings is 2. The molecule has 2 aromatic carbocycles. The van der Waals surface area contributed by atoms with Crippen molar-refractivity contribution in [3.05, 3.63) is 105 Å². The quantitative estimate of drug-likeness (QED) is 0.103. The molecule has 2 aromatic heterocycles. The van der Waals surface area contributed by atoms with Crippen LogP contribution < -0.4 is 41.9 Å². The Morgan fingerprint density at radius 2 is 1.00 bits per heavy atom. The second-order valence-corrected chi connectivity index (χ2v) is 18.9. The summed E-state index contributed by atoms with van der Waals surface area (Å²) in [4.78, 5) is 7.73. The molecule has 5 aliphatic rings. The van der Waals surface area contributed by atoms with Gasteiger partial charge in [-0.3, -0.25) is 18.2 Å². The fourth-order valence-electron chi connectivity index (χ4n) is 7.30. The molecule has 4 unspecified atom stereocenters. The fraction of sp³-hybridized carbons (Fsp3) is 0.125. The molecule has 9 rings (SSSR count). The monoisotopic (exact) mass is 906 g/mol. The Morgan fingerprint density at radius 1 is 0.509 bits per heavy atom. The van der Waals surface area contributed by atoms with Crippen molar-refractivity contribution in [2.45, 2.75) is 22.1 Å². The molecule has 292 valence electrons. The molecule has 2 aliphatic carbocycles. The van der Waals surface area contributed by atoms with E-state index in [9.17, 15) is 51.9 Å². The van der Waals surface area contributed by atoms with Crippen molar-refractivity contribution in [1.29, 1.82) is 0 Å². The second kappa shape index (κ2) is 13.0. The average molecular weight is 908 g/mol. The minimum absolute atomic E-state index is 0. The van der Waals surface area contributed by atoms with E-state index in [1.165, 1.54) is 66.8 Å². The van der Waals surface area contributed by atoms with Crippen molar-refractivity contribution >= 4 is 85.3 Å². The standard InChI is InChI=1S/C32H26N8O12S4.Zn/c41-53(42,43)13-1-5-17-21(9-13)29-33-25(17)37-30-22-10-14(54(44,45)46)2-6-18(22)27(34-30)39-32-24-12-16(56(50,51)52)4-8-20(24)28(36-32)40-31-23-11-15(55(47,48)49)3-7-19(23)26(35-31)38-29;/h1-12,17,24-25,32-33,36-40H,(H,41,42,43)(H,44,45,46)(H,47,48,49)(H,50,51,52);/q-2;+2. The summed E-state index contributed by atoms with van der Waals surface area (Å²) in [6, 6.07) is 7.52. The maximum Gasteiger partial charge on any atom is 2.00 e. The largest absolute Gasteiger partial charge is 2.00 e. The van der Waals surface area contributed by atoms with Crippen LogP contribution in [0, 0.1) is 11.8 Å². The molecular formula is C32H26N8O12S4Zn. The molecule has 10 N–H and O–H groups in total. The maximum atomic E-state index is 12.2. The van der Waals surface area contributed by atoms with Gasteiger partial charge >= 0.3 is 19.5 Å². The molecule has 0 radical (unpaired) electrons. The average Bonchev–Trinajstić information content (AvgIpc) is 3.84. The minimum Gasteiger partial charge on any atom is -0.421 e. The molecule has 0 saturated heterocycles. The molecule has 0 spiro atoms. The summed E-state index contributed by atoms with van der Waals surface area (Å²) in [6.45, 7) is 0. The third-order valence-corrected chi connectivity index (χ3v) is 13.3. The number of aromatic nitrogens is 2. The predicted molar refractivity (Wildman–Crippen MR) is 201 cm³/mol. The summed E-state index contributed by atoms with van der Waals surface area (Å²) in [5, 5.41) is 20.3. The van der Waals surface area contributed by atoms with Gasteiger partial charge in [0.2, 0.25) is 0 Å². The first-order valence-electron chi connectivity index (χ1n) is 16.2. The SMILES string of the molecule is O=S(=O)(O)C1=CC2=C3Nc4[n-]c(c5cc(S(=O)(=O)O)ccc45)NC4=C5C=CC(S(=O)(=O)O)=CC5C(N4)Nc4[n-]c(c5cc(S(=O)(=O)O)ccc45)NC(N3)C2C=C1.[Zn+2]. The van der Waals surface area contributed by atoms with E-state index in [2.05, 4.69) is 31.9 Å². The van der Waals surface area contributed by atoms with E-state index >= 15 is 0 Å². The van der Waals surface area contributed by atoms with Crippen LogP contribution in [-0.2, 0) is 60.0 Å². The van der Waals surface area contributed by atoms with Crippen LogP contribution in [0.2, 0.25) is 0 Å². The van der Waals surface area contributed by atoms with Crippen LogP contribution in [0.5, 0.6) is 0 Å². The summed E-state index contributed by atoms with van der Waals surface area (Å²) in [5.41, 5.74) is 0.793. The van der Waals surface area contributed by atoms with Gasteiger partial charge in [-0.1, -0.05) is 30.4 Å². The van der Waals surface area contributed by atoms with Crippen LogP contribution in [-0.4, -0.2) is 64.2 Å². The molecule has 3 aliphatic heterocycles. The summed E-state index contributed by atoms with van der Waals surface area (Å²) in [6.07, 6.45) is 6.15. The number of nitrogens with one attached hydrogen (secondary N) is 6. The molecule has 0 amide bonds. The molecule has 5 heterocycles. The van der Waals surface area contributed by atoms with E-state index < -0.39 is 84.2 Å². The Balaban J connectivity index is 0.00000455. The fourth-order valence-corrected chi connectivity index (χ4v) is 9.40. The molecule has 57 heavy (non-hydrogen) atoms. The van der Waals surface area contributed by atoms with Crippen LogP contribution >= 0.6 is 0 Å². The van der Waals surface area contributed by atoms with Gasteiger partial charge in [-0.25, -0.2) is 0 Å². The summed E-state index contributed by atoms with van der Waals surface area (Å²) >= 11 is 0. The zero-order valence-corrected chi connectivity index (χ0v) is 34.8. The van der Waals surface area contributed by atoms with Crippen LogP contribution in [0.1, 0.15) is 0 Å². The van der Waals surface area contributed by atoms with Crippen molar-refractivity contribution in [1.82, 2.24) is 20.6 Å². The number of hydrogen-bond acceptors (Lipinski definition) is 14. The maximum absolute atomic E-state index is 12.2. The summed E-state index contributed by atoms with van der Waals surface area (Å²) in [7, 11) is -18.7. The molecular weight excluding hydrogens is 882 g/mol. The van der Waals surface area contributed by atoms with Crippen LogP contribution in [0.15, 0.2) is 115 Å². The Bertz CT molecular complexity index is 3130. The van der Waals surface area contributed by atoms with E-state index in [0.29, 0.717) is 21.9 Å². The van der Waals surface area contributed by atoms with Crippen molar-refractivity contribution in [2.24, 2.45) is 11.8 Å². The predicted octanol–water partition coefficient (Wildman–Crippen LogP) is 1.96.